The van der Waals surface area contributed by atoms with E-state index >= 15 is 0 Å². The van der Waals surface area contributed by atoms with E-state index in [4.69, 9.17) is 5.73 Å². The van der Waals surface area contributed by atoms with Crippen molar-refractivity contribution in [3.8, 4) is 0 Å². The number of anilines is 1. The van der Waals surface area contributed by atoms with Crippen molar-refractivity contribution < 1.29 is 13.2 Å². The van der Waals surface area contributed by atoms with Crippen molar-refractivity contribution >= 4 is 44.4 Å². The van der Waals surface area contributed by atoms with Crippen LogP contribution in [0.4, 0.5) is 5.69 Å². The van der Waals surface area contributed by atoms with Gasteiger partial charge in [0, 0.05) is 6.54 Å². The maximum absolute atomic E-state index is 12.6. The number of hydrogen-bond donors (Lipinski definition) is 2. The maximum Gasteiger partial charge on any atom is 0.269 e. The number of carbonyl (C=O) groups is 1. The summed E-state index contributed by atoms with van der Waals surface area (Å²) < 4.78 is 36.9. The van der Waals surface area contributed by atoms with Gasteiger partial charge in [0.05, 0.1) is 23.6 Å². The van der Waals surface area contributed by atoms with Gasteiger partial charge in [0.15, 0.2) is 0 Å². The molecule has 2 aromatic heterocycles. The lowest BCUT2D eigenvalue weighted by Gasteiger charge is -2.08. The van der Waals surface area contributed by atoms with Crippen LogP contribution in [-0.2, 0) is 16.6 Å². The van der Waals surface area contributed by atoms with E-state index in [1.54, 1.807) is 19.1 Å². The van der Waals surface area contributed by atoms with E-state index in [1.807, 2.05) is 0 Å². The molecule has 0 bridgehead atoms. The Balaban J connectivity index is 2.07. The zero-order valence-corrected chi connectivity index (χ0v) is 13.6. The lowest BCUT2D eigenvalue weighted by Crippen LogP contribution is -2.21. The van der Waals surface area contributed by atoms with Gasteiger partial charge < -0.3 is 5.73 Å². The second-order valence-corrected chi connectivity index (χ2v) is 6.76. The topological polar surface area (TPSA) is 133 Å². The number of aryl methyl sites for hydroxylation is 1. The monoisotopic (exact) mass is 352 g/mol. The molecule has 0 saturated heterocycles. The maximum atomic E-state index is 12.6. The second-order valence-electron chi connectivity index (χ2n) is 4.58. The van der Waals surface area contributed by atoms with Crippen LogP contribution in [0.5, 0.6) is 0 Å². The molecule has 3 aromatic rings. The highest BCUT2D eigenvalue weighted by Crippen LogP contribution is 2.25. The molecule has 23 heavy (non-hydrogen) atoms. The molecule has 0 spiro atoms. The molecule has 0 radical (unpaired) electrons. The largest absolute Gasteiger partial charge is 0.364 e. The summed E-state index contributed by atoms with van der Waals surface area (Å²) in [6, 6.07) is 4.66. The minimum atomic E-state index is -3.97. The molecular formula is C12H12N6O3S2. The van der Waals surface area contributed by atoms with E-state index in [9.17, 15) is 13.2 Å². The molecule has 11 heteroatoms. The van der Waals surface area contributed by atoms with Crippen molar-refractivity contribution in [2.24, 2.45) is 5.73 Å². The van der Waals surface area contributed by atoms with E-state index in [1.165, 1.54) is 16.9 Å². The van der Waals surface area contributed by atoms with Gasteiger partial charge in [-0.3, -0.25) is 14.2 Å². The molecule has 0 aliphatic heterocycles. The average Bonchev–Trinajstić information content (AvgIpc) is 3.12. The molecule has 0 atom stereocenters. The van der Waals surface area contributed by atoms with Gasteiger partial charge in [0.25, 0.3) is 15.9 Å². The molecule has 0 unspecified atom stereocenters. The van der Waals surface area contributed by atoms with E-state index in [0.717, 1.165) is 11.7 Å². The van der Waals surface area contributed by atoms with Crippen LogP contribution < -0.4 is 10.5 Å². The van der Waals surface area contributed by atoms with Crippen molar-refractivity contribution in [1.82, 2.24) is 18.5 Å². The van der Waals surface area contributed by atoms with Crippen LogP contribution in [0.25, 0.3) is 11.0 Å². The molecule has 2 heterocycles. The minimum Gasteiger partial charge on any atom is -0.364 e. The summed E-state index contributed by atoms with van der Waals surface area (Å²) in [5.74, 6) is -0.768. The number of nitrogens with zero attached hydrogens (tertiary/aromatic N) is 4. The fourth-order valence-electron chi connectivity index (χ4n) is 2.16. The summed E-state index contributed by atoms with van der Waals surface area (Å²) in [5.41, 5.74) is 6.09. The Morgan fingerprint density at radius 3 is 2.87 bits per heavy atom. The first-order chi connectivity index (χ1) is 10.9. The SMILES string of the molecule is CCn1ncc(NS(=O)(=O)c2cccc3nsnc23)c1C(N)=O. The first-order valence-electron chi connectivity index (χ1n) is 6.53. The van der Waals surface area contributed by atoms with Gasteiger partial charge in [-0.2, -0.15) is 13.8 Å². The van der Waals surface area contributed by atoms with Crippen molar-refractivity contribution in [1.29, 1.82) is 0 Å². The summed E-state index contributed by atoms with van der Waals surface area (Å²) in [6.07, 6.45) is 1.25. The summed E-state index contributed by atoms with van der Waals surface area (Å²) in [4.78, 5) is 11.5. The predicted molar refractivity (Wildman–Crippen MR) is 84.6 cm³/mol. The molecule has 0 fully saturated rings. The standard InChI is InChI=1S/C12H12N6O3S2/c1-2-18-11(12(13)19)8(6-14-18)17-23(20,21)9-5-3-4-7-10(9)16-22-15-7/h3-6,17H,2H2,1H3,(H2,13,19). The molecule has 9 nitrogen and oxygen atoms in total. The first kappa shape index (κ1) is 15.4. The quantitative estimate of drug-likeness (QED) is 0.698. The van der Waals surface area contributed by atoms with Gasteiger partial charge in [-0.15, -0.1) is 0 Å². The normalized spacial score (nSPS) is 11.7. The van der Waals surface area contributed by atoms with Crippen LogP contribution in [-0.4, -0.2) is 32.9 Å². The Hall–Kier alpha value is -2.53. The summed E-state index contributed by atoms with van der Waals surface area (Å²) in [6.45, 7) is 2.14. The van der Waals surface area contributed by atoms with Gasteiger partial charge in [-0.1, -0.05) is 6.07 Å². The van der Waals surface area contributed by atoms with Crippen LogP contribution in [0, 0.1) is 0 Å². The molecule has 120 valence electrons. The van der Waals surface area contributed by atoms with Gasteiger partial charge in [-0.25, -0.2) is 8.42 Å². The van der Waals surface area contributed by atoms with E-state index in [-0.39, 0.29) is 21.8 Å². The number of rotatable bonds is 5. The molecule has 3 rings (SSSR count). The Kier molecular flexibility index (Phi) is 3.74. The highest BCUT2D eigenvalue weighted by atomic mass is 32.2. The summed E-state index contributed by atoms with van der Waals surface area (Å²) in [7, 11) is -3.97. The molecule has 1 amide bonds. The van der Waals surface area contributed by atoms with Gasteiger partial charge in [0.2, 0.25) is 0 Å². The number of nitrogens with one attached hydrogen (secondary N) is 1. The molecule has 0 aliphatic rings. The van der Waals surface area contributed by atoms with E-state index < -0.39 is 15.9 Å². The lowest BCUT2D eigenvalue weighted by molar-refractivity contribution is 0.0991. The molecule has 0 aliphatic carbocycles. The molecule has 0 saturated carbocycles. The number of fused-ring (bicyclic) bond motifs is 1. The number of amides is 1. The highest BCUT2D eigenvalue weighted by Gasteiger charge is 2.24. The Bertz CT molecular complexity index is 991. The molecule has 1 aromatic carbocycles. The van der Waals surface area contributed by atoms with Crippen LogP contribution in [0.2, 0.25) is 0 Å². The van der Waals surface area contributed by atoms with Crippen molar-refractivity contribution in [2.75, 3.05) is 4.72 Å². The number of aromatic nitrogens is 4. The smallest absolute Gasteiger partial charge is 0.269 e. The number of primary amides is 1. The first-order valence-corrected chi connectivity index (χ1v) is 8.75. The van der Waals surface area contributed by atoms with E-state index in [2.05, 4.69) is 18.6 Å². The minimum absolute atomic E-state index is 0.000321. The number of benzene rings is 1. The van der Waals surface area contributed by atoms with Crippen LogP contribution in [0.1, 0.15) is 17.4 Å². The number of nitrogens with two attached hydrogens (primary N) is 1. The fourth-order valence-corrected chi connectivity index (χ4v) is 3.98. The fraction of sp³-hybridized carbons (Fsp3) is 0.167. The van der Waals surface area contributed by atoms with Crippen LogP contribution in [0.3, 0.4) is 0 Å². The van der Waals surface area contributed by atoms with Gasteiger partial charge in [-0.05, 0) is 19.1 Å². The summed E-state index contributed by atoms with van der Waals surface area (Å²) >= 11 is 0.922. The van der Waals surface area contributed by atoms with Gasteiger partial charge >= 0.3 is 0 Å². The van der Waals surface area contributed by atoms with E-state index in [0.29, 0.717) is 12.1 Å². The number of sulfonamides is 1. The number of carbonyl (C=O) groups excluding carboxylic acids is 1. The Morgan fingerprint density at radius 1 is 1.39 bits per heavy atom. The molecular weight excluding hydrogens is 340 g/mol. The Morgan fingerprint density at radius 2 is 2.17 bits per heavy atom. The predicted octanol–water partition coefficient (Wildman–Crippen LogP) is 0.807. The van der Waals surface area contributed by atoms with Crippen molar-refractivity contribution in [3.05, 3.63) is 30.1 Å². The van der Waals surface area contributed by atoms with Crippen molar-refractivity contribution in [2.45, 2.75) is 18.4 Å². The van der Waals surface area contributed by atoms with Crippen LogP contribution in [0.15, 0.2) is 29.3 Å². The third-order valence-electron chi connectivity index (χ3n) is 3.16. The third-order valence-corrected chi connectivity index (χ3v) is 5.09. The zero-order chi connectivity index (χ0) is 16.6. The van der Waals surface area contributed by atoms with Crippen molar-refractivity contribution in [3.63, 3.8) is 0 Å². The third kappa shape index (κ3) is 2.64. The summed E-state index contributed by atoms with van der Waals surface area (Å²) in [5, 5.41) is 3.95. The second kappa shape index (κ2) is 5.59. The zero-order valence-electron chi connectivity index (χ0n) is 11.9. The average molecular weight is 352 g/mol. The lowest BCUT2D eigenvalue weighted by atomic mass is 10.3. The Labute approximate surface area is 135 Å². The highest BCUT2D eigenvalue weighted by molar-refractivity contribution is 7.93. The molecule has 3 N–H and O–H groups in total. The van der Waals surface area contributed by atoms with Gasteiger partial charge in [0.1, 0.15) is 21.6 Å². The van der Waals surface area contributed by atoms with Crippen LogP contribution >= 0.6 is 11.7 Å². The number of hydrogen-bond acceptors (Lipinski definition) is 7.